The van der Waals surface area contributed by atoms with E-state index in [0.717, 1.165) is 53.9 Å². The normalized spacial score (nSPS) is 23.5. The number of carbonyl (C=O) groups is 2. The monoisotopic (exact) mass is 600 g/mol. The van der Waals surface area contributed by atoms with Gasteiger partial charge in [0.05, 0.1) is 25.0 Å². The quantitative estimate of drug-likeness (QED) is 0.311. The highest BCUT2D eigenvalue weighted by atomic mass is 16.6. The molecule has 0 unspecified atom stereocenters. The molecular formula is C34H44N6O4. The SMILES string of the molecule is CNC(=O)O[C@H]1CC[C@H](C(=O)N(C[C@H]2CC[C@H](c3ccc(OC)c(C)n3)CC2)c2cc(-c3cnn(C4CC4)c3)ccn2)CC1. The zero-order chi connectivity index (χ0) is 30.6. The van der Waals surface area contributed by atoms with Gasteiger partial charge in [-0.15, -0.1) is 0 Å². The highest BCUT2D eigenvalue weighted by Gasteiger charge is 2.34. The topological polar surface area (TPSA) is 111 Å². The van der Waals surface area contributed by atoms with Crippen molar-refractivity contribution >= 4 is 17.8 Å². The van der Waals surface area contributed by atoms with Crippen LogP contribution in [0.25, 0.3) is 11.1 Å². The van der Waals surface area contributed by atoms with Crippen molar-refractivity contribution in [2.75, 3.05) is 25.6 Å². The van der Waals surface area contributed by atoms with E-state index in [1.165, 1.54) is 12.8 Å². The number of hydrogen-bond donors (Lipinski definition) is 1. The van der Waals surface area contributed by atoms with Gasteiger partial charge in [0.15, 0.2) is 0 Å². The van der Waals surface area contributed by atoms with Gasteiger partial charge in [-0.05, 0) is 107 Å². The van der Waals surface area contributed by atoms with E-state index in [9.17, 15) is 9.59 Å². The van der Waals surface area contributed by atoms with E-state index in [2.05, 4.69) is 27.4 Å². The van der Waals surface area contributed by atoms with Gasteiger partial charge in [0.2, 0.25) is 5.91 Å². The standard InChI is InChI=1S/C34H44N6O4/c1-22-31(43-3)15-14-30(38-22)24-6-4-23(5-7-24)20-39(33(41)25-8-12-29(13-9-25)44-34(42)35-2)32-18-26(16-17-36-32)27-19-37-40(21-27)28-10-11-28/h14-19,21,23-25,28-29H,4-13,20H2,1-3H3,(H,35,42)/t23-,24-,25-,29-. The number of methoxy groups -OCH3 is 1. The fraction of sp³-hybridized carbons (Fsp3) is 0.559. The molecule has 0 spiro atoms. The molecule has 0 aliphatic heterocycles. The first kappa shape index (κ1) is 30.1. The molecule has 44 heavy (non-hydrogen) atoms. The Bertz CT molecular complexity index is 1450. The molecule has 3 aliphatic rings. The third-order valence-electron chi connectivity index (χ3n) is 9.63. The lowest BCUT2D eigenvalue weighted by molar-refractivity contribution is -0.124. The van der Waals surface area contributed by atoms with Crippen molar-refractivity contribution in [2.24, 2.45) is 11.8 Å². The second-order valence-electron chi connectivity index (χ2n) is 12.7. The zero-order valence-corrected chi connectivity index (χ0v) is 26.1. The third-order valence-corrected chi connectivity index (χ3v) is 9.63. The second kappa shape index (κ2) is 13.4. The van der Waals surface area contributed by atoms with Gasteiger partial charge >= 0.3 is 6.09 Å². The van der Waals surface area contributed by atoms with Gasteiger partial charge in [0, 0.05) is 49.1 Å². The Kier molecular flexibility index (Phi) is 9.14. The number of aromatic nitrogens is 4. The lowest BCUT2D eigenvalue weighted by atomic mass is 9.79. The molecule has 3 aromatic heterocycles. The minimum absolute atomic E-state index is 0.120. The van der Waals surface area contributed by atoms with Crippen LogP contribution in [0.15, 0.2) is 42.9 Å². The van der Waals surface area contributed by atoms with E-state index in [1.807, 2.05) is 42.4 Å². The summed E-state index contributed by atoms with van der Waals surface area (Å²) in [5.74, 6) is 2.32. The summed E-state index contributed by atoms with van der Waals surface area (Å²) in [7, 11) is 3.24. The fourth-order valence-corrected chi connectivity index (χ4v) is 6.84. The molecule has 0 radical (unpaired) electrons. The van der Waals surface area contributed by atoms with Crippen LogP contribution < -0.4 is 15.0 Å². The Morgan fingerprint density at radius 2 is 1.77 bits per heavy atom. The minimum Gasteiger partial charge on any atom is -0.495 e. The van der Waals surface area contributed by atoms with Crippen molar-refractivity contribution in [1.29, 1.82) is 0 Å². The van der Waals surface area contributed by atoms with Crippen molar-refractivity contribution < 1.29 is 19.1 Å². The maximum Gasteiger partial charge on any atom is 0.407 e. The summed E-state index contributed by atoms with van der Waals surface area (Å²) >= 11 is 0. The molecule has 0 saturated heterocycles. The molecule has 3 aliphatic carbocycles. The Hall–Kier alpha value is -3.95. The van der Waals surface area contributed by atoms with Gasteiger partial charge in [-0.25, -0.2) is 9.78 Å². The summed E-state index contributed by atoms with van der Waals surface area (Å²) in [6.45, 7) is 2.64. The number of pyridine rings is 2. The average molecular weight is 601 g/mol. The number of aryl methyl sites for hydroxylation is 1. The van der Waals surface area contributed by atoms with Crippen LogP contribution >= 0.6 is 0 Å². The first-order valence-electron chi connectivity index (χ1n) is 16.1. The lowest BCUT2D eigenvalue weighted by Gasteiger charge is -2.35. The van der Waals surface area contributed by atoms with Gasteiger partial charge < -0.3 is 14.8 Å². The molecule has 0 bridgehead atoms. The first-order valence-corrected chi connectivity index (χ1v) is 16.1. The molecule has 0 aromatic carbocycles. The summed E-state index contributed by atoms with van der Waals surface area (Å²) in [4.78, 5) is 37.5. The number of amides is 2. The molecule has 3 fully saturated rings. The Balaban J connectivity index is 1.17. The lowest BCUT2D eigenvalue weighted by Crippen LogP contribution is -2.42. The smallest absolute Gasteiger partial charge is 0.407 e. The van der Waals surface area contributed by atoms with Crippen LogP contribution in [0.5, 0.6) is 5.75 Å². The van der Waals surface area contributed by atoms with Gasteiger partial charge in [-0.3, -0.25) is 19.4 Å². The van der Waals surface area contributed by atoms with Crippen molar-refractivity contribution in [3.05, 3.63) is 54.2 Å². The van der Waals surface area contributed by atoms with Crippen molar-refractivity contribution in [3.8, 4) is 16.9 Å². The number of nitrogens with zero attached hydrogens (tertiary/aromatic N) is 5. The molecule has 1 N–H and O–H groups in total. The largest absolute Gasteiger partial charge is 0.495 e. The van der Waals surface area contributed by atoms with Gasteiger partial charge in [0.25, 0.3) is 0 Å². The van der Waals surface area contributed by atoms with E-state index in [1.54, 1.807) is 14.2 Å². The van der Waals surface area contributed by atoms with E-state index in [-0.39, 0.29) is 17.9 Å². The van der Waals surface area contributed by atoms with E-state index in [0.29, 0.717) is 55.9 Å². The predicted molar refractivity (Wildman–Crippen MR) is 168 cm³/mol. The molecule has 10 nitrogen and oxygen atoms in total. The Morgan fingerprint density at radius 1 is 1.00 bits per heavy atom. The second-order valence-corrected chi connectivity index (χ2v) is 12.7. The summed E-state index contributed by atoms with van der Waals surface area (Å²) in [5.41, 5.74) is 4.12. The number of anilines is 1. The number of ether oxygens (including phenoxy) is 2. The molecule has 3 saturated carbocycles. The highest BCUT2D eigenvalue weighted by Crippen LogP contribution is 2.39. The molecule has 10 heteroatoms. The minimum atomic E-state index is -0.414. The van der Waals surface area contributed by atoms with Crippen LogP contribution in [0.2, 0.25) is 0 Å². The van der Waals surface area contributed by atoms with Crippen LogP contribution in [0.3, 0.4) is 0 Å². The van der Waals surface area contributed by atoms with Gasteiger partial charge in [-0.2, -0.15) is 5.10 Å². The molecular weight excluding hydrogens is 556 g/mol. The third kappa shape index (κ3) is 6.89. The highest BCUT2D eigenvalue weighted by molar-refractivity contribution is 5.94. The maximum atomic E-state index is 14.2. The predicted octanol–water partition coefficient (Wildman–Crippen LogP) is 6.21. The average Bonchev–Trinajstić information content (AvgIpc) is 3.79. The molecule has 2 amide bonds. The molecule has 234 valence electrons. The molecule has 0 atom stereocenters. The van der Waals surface area contributed by atoms with Crippen LogP contribution in [0.4, 0.5) is 10.6 Å². The summed E-state index contributed by atoms with van der Waals surface area (Å²) < 4.78 is 12.9. The van der Waals surface area contributed by atoms with Crippen LogP contribution in [-0.4, -0.2) is 58.6 Å². The van der Waals surface area contributed by atoms with Crippen LogP contribution in [0, 0.1) is 18.8 Å². The van der Waals surface area contributed by atoms with Crippen molar-refractivity contribution in [3.63, 3.8) is 0 Å². The van der Waals surface area contributed by atoms with Crippen LogP contribution in [0.1, 0.15) is 87.6 Å². The molecule has 3 heterocycles. The van der Waals surface area contributed by atoms with E-state index >= 15 is 0 Å². The summed E-state index contributed by atoms with van der Waals surface area (Å²) in [6, 6.07) is 8.67. The number of rotatable bonds is 9. The number of hydrogen-bond acceptors (Lipinski definition) is 7. The fourth-order valence-electron chi connectivity index (χ4n) is 6.84. The van der Waals surface area contributed by atoms with Crippen molar-refractivity contribution in [1.82, 2.24) is 25.1 Å². The molecule has 6 rings (SSSR count). The van der Waals surface area contributed by atoms with E-state index in [4.69, 9.17) is 19.4 Å². The number of alkyl carbamates (subject to hydrolysis) is 1. The number of carbonyl (C=O) groups excluding carboxylic acids is 2. The first-order chi connectivity index (χ1) is 21.4. The van der Waals surface area contributed by atoms with Crippen LogP contribution in [-0.2, 0) is 9.53 Å². The van der Waals surface area contributed by atoms with Gasteiger partial charge in [-0.1, -0.05) is 0 Å². The summed E-state index contributed by atoms with van der Waals surface area (Å²) in [6.07, 6.45) is 14.5. The Labute approximate surface area is 259 Å². The van der Waals surface area contributed by atoms with Crippen molar-refractivity contribution in [2.45, 2.75) is 89.2 Å². The maximum absolute atomic E-state index is 14.2. The number of nitrogens with one attached hydrogen (secondary N) is 1. The van der Waals surface area contributed by atoms with E-state index < -0.39 is 6.09 Å². The summed E-state index contributed by atoms with van der Waals surface area (Å²) in [5, 5.41) is 7.10. The zero-order valence-electron chi connectivity index (χ0n) is 26.1. The Morgan fingerprint density at radius 3 is 2.45 bits per heavy atom. The van der Waals surface area contributed by atoms with Gasteiger partial charge in [0.1, 0.15) is 17.7 Å². The molecule has 3 aromatic rings.